The van der Waals surface area contributed by atoms with Crippen molar-refractivity contribution in [1.82, 2.24) is 4.90 Å². The monoisotopic (exact) mass is 300 g/mol. The third-order valence-corrected chi connectivity index (χ3v) is 3.85. The van der Waals surface area contributed by atoms with E-state index in [-0.39, 0.29) is 17.5 Å². The number of hydrogen-bond acceptors (Lipinski definition) is 3. The summed E-state index contributed by atoms with van der Waals surface area (Å²) >= 11 is 0. The van der Waals surface area contributed by atoms with Crippen LogP contribution >= 0.6 is 0 Å². The van der Waals surface area contributed by atoms with E-state index in [9.17, 15) is 14.3 Å². The van der Waals surface area contributed by atoms with Gasteiger partial charge in [0.2, 0.25) is 0 Å². The zero-order chi connectivity index (χ0) is 15.5. The van der Waals surface area contributed by atoms with E-state index in [4.69, 9.17) is 0 Å². The summed E-state index contributed by atoms with van der Waals surface area (Å²) in [6.45, 7) is 2.62. The van der Waals surface area contributed by atoms with Gasteiger partial charge in [0.1, 0.15) is 11.6 Å². The molecule has 1 aliphatic rings. The van der Waals surface area contributed by atoms with Gasteiger partial charge in [-0.25, -0.2) is 4.39 Å². The number of phenols is 1. The maximum Gasteiger partial charge on any atom is 0.253 e. The molecule has 0 aromatic heterocycles. The first-order valence-corrected chi connectivity index (χ1v) is 7.22. The van der Waals surface area contributed by atoms with Crippen molar-refractivity contribution in [3.05, 3.63) is 59.9 Å². The molecule has 0 atom stereocenters. The number of phenolic OH excluding ortho intramolecular Hbond substituents is 1. The fraction of sp³-hybridized carbons (Fsp3) is 0.235. The molecule has 114 valence electrons. The van der Waals surface area contributed by atoms with E-state index in [0.29, 0.717) is 31.7 Å². The molecule has 3 rings (SSSR count). The molecule has 1 amide bonds. The summed E-state index contributed by atoms with van der Waals surface area (Å²) in [6, 6.07) is 12.7. The highest BCUT2D eigenvalue weighted by Gasteiger charge is 2.22. The van der Waals surface area contributed by atoms with Gasteiger partial charge in [0.15, 0.2) is 0 Å². The Labute approximate surface area is 128 Å². The third-order valence-electron chi connectivity index (χ3n) is 3.85. The van der Waals surface area contributed by atoms with E-state index < -0.39 is 0 Å². The number of piperazine rings is 1. The molecule has 1 heterocycles. The van der Waals surface area contributed by atoms with Crippen molar-refractivity contribution < 1.29 is 14.3 Å². The fourth-order valence-electron chi connectivity index (χ4n) is 2.63. The van der Waals surface area contributed by atoms with E-state index >= 15 is 0 Å². The van der Waals surface area contributed by atoms with Gasteiger partial charge in [-0.15, -0.1) is 0 Å². The molecule has 0 spiro atoms. The van der Waals surface area contributed by atoms with Gasteiger partial charge in [0.25, 0.3) is 5.91 Å². The fourth-order valence-corrected chi connectivity index (χ4v) is 2.63. The summed E-state index contributed by atoms with van der Waals surface area (Å²) in [5.41, 5.74) is 1.46. The number of nitrogens with zero attached hydrogens (tertiary/aromatic N) is 2. The number of aromatic hydroxyl groups is 1. The van der Waals surface area contributed by atoms with Crippen molar-refractivity contribution in [1.29, 1.82) is 0 Å². The van der Waals surface area contributed by atoms with Crippen molar-refractivity contribution in [2.45, 2.75) is 0 Å². The van der Waals surface area contributed by atoms with Crippen LogP contribution in [0.15, 0.2) is 48.5 Å². The lowest BCUT2D eigenvalue weighted by atomic mass is 10.1. The Morgan fingerprint density at radius 2 is 1.68 bits per heavy atom. The molecule has 0 saturated carbocycles. The molecule has 4 nitrogen and oxygen atoms in total. The Bertz CT molecular complexity index is 665. The number of benzene rings is 2. The number of rotatable bonds is 2. The number of halogens is 1. The van der Waals surface area contributed by atoms with Crippen LogP contribution in [-0.2, 0) is 0 Å². The number of hydrogen-bond donors (Lipinski definition) is 1. The Hall–Kier alpha value is -2.56. The van der Waals surface area contributed by atoms with E-state index in [1.54, 1.807) is 23.1 Å². The van der Waals surface area contributed by atoms with Crippen LogP contribution in [0.3, 0.4) is 0 Å². The molecule has 1 N–H and O–H groups in total. The molecule has 1 saturated heterocycles. The van der Waals surface area contributed by atoms with Crippen LogP contribution in [0.25, 0.3) is 0 Å². The normalized spacial score (nSPS) is 15.0. The first kappa shape index (κ1) is 14.4. The lowest BCUT2D eigenvalue weighted by molar-refractivity contribution is 0.0746. The second-order valence-electron chi connectivity index (χ2n) is 5.31. The number of carbonyl (C=O) groups is 1. The van der Waals surface area contributed by atoms with Gasteiger partial charge in [-0.05, 0) is 36.4 Å². The summed E-state index contributed by atoms with van der Waals surface area (Å²) in [5, 5.41) is 9.53. The standard InChI is InChI=1S/C17H17FN2O2/c18-14-6-4-13(5-7-14)17(22)20-10-8-19(9-11-20)15-2-1-3-16(21)12-15/h1-7,12,21H,8-11H2. The maximum absolute atomic E-state index is 12.9. The Morgan fingerprint density at radius 1 is 1.00 bits per heavy atom. The van der Waals surface area contributed by atoms with E-state index in [0.717, 1.165) is 5.69 Å². The van der Waals surface area contributed by atoms with E-state index in [1.165, 1.54) is 24.3 Å². The minimum absolute atomic E-state index is 0.0736. The van der Waals surface area contributed by atoms with E-state index in [1.807, 2.05) is 6.07 Å². The molecule has 0 radical (unpaired) electrons. The van der Waals surface area contributed by atoms with Crippen molar-refractivity contribution in [2.24, 2.45) is 0 Å². The van der Waals surface area contributed by atoms with Crippen LogP contribution in [0.4, 0.5) is 10.1 Å². The lowest BCUT2D eigenvalue weighted by Gasteiger charge is -2.36. The van der Waals surface area contributed by atoms with Crippen molar-refractivity contribution >= 4 is 11.6 Å². The van der Waals surface area contributed by atoms with Crippen molar-refractivity contribution in [3.63, 3.8) is 0 Å². The molecule has 0 unspecified atom stereocenters. The van der Waals surface area contributed by atoms with Crippen LogP contribution in [-0.4, -0.2) is 42.1 Å². The van der Waals surface area contributed by atoms with Gasteiger partial charge in [-0.2, -0.15) is 0 Å². The van der Waals surface area contributed by atoms with Crippen LogP contribution in [0.1, 0.15) is 10.4 Å². The number of carbonyl (C=O) groups excluding carboxylic acids is 1. The number of amides is 1. The summed E-state index contributed by atoms with van der Waals surface area (Å²) in [6.07, 6.45) is 0. The van der Waals surface area contributed by atoms with E-state index in [2.05, 4.69) is 4.90 Å². The van der Waals surface area contributed by atoms with Gasteiger partial charge in [0.05, 0.1) is 0 Å². The first-order chi connectivity index (χ1) is 10.6. The van der Waals surface area contributed by atoms with Gasteiger partial charge in [-0.3, -0.25) is 4.79 Å². The molecular formula is C17H17FN2O2. The minimum Gasteiger partial charge on any atom is -0.508 e. The SMILES string of the molecule is O=C(c1ccc(F)cc1)N1CCN(c2cccc(O)c2)CC1. The van der Waals surface area contributed by atoms with Gasteiger partial charge in [-0.1, -0.05) is 6.07 Å². The third kappa shape index (κ3) is 3.03. The Morgan fingerprint density at radius 3 is 2.32 bits per heavy atom. The second kappa shape index (κ2) is 6.05. The average Bonchev–Trinajstić information content (AvgIpc) is 2.55. The molecule has 22 heavy (non-hydrogen) atoms. The van der Waals surface area contributed by atoms with Crippen molar-refractivity contribution in [3.8, 4) is 5.75 Å². The Balaban J connectivity index is 1.64. The predicted molar refractivity (Wildman–Crippen MR) is 82.6 cm³/mol. The second-order valence-corrected chi connectivity index (χ2v) is 5.31. The molecule has 0 bridgehead atoms. The van der Waals surface area contributed by atoms with Crippen molar-refractivity contribution in [2.75, 3.05) is 31.1 Å². The highest BCUT2D eigenvalue weighted by atomic mass is 19.1. The molecule has 2 aromatic rings. The van der Waals surface area contributed by atoms with Gasteiger partial charge < -0.3 is 14.9 Å². The molecular weight excluding hydrogens is 283 g/mol. The van der Waals surface area contributed by atoms with Gasteiger partial charge in [0, 0.05) is 43.5 Å². The lowest BCUT2D eigenvalue weighted by Crippen LogP contribution is -2.48. The van der Waals surface area contributed by atoms with Gasteiger partial charge >= 0.3 is 0 Å². The average molecular weight is 300 g/mol. The molecule has 2 aromatic carbocycles. The number of anilines is 1. The van der Waals surface area contributed by atoms with Crippen LogP contribution in [0, 0.1) is 5.82 Å². The quantitative estimate of drug-likeness (QED) is 0.926. The molecule has 1 aliphatic heterocycles. The van der Waals surface area contributed by atoms with Crippen LogP contribution < -0.4 is 4.90 Å². The molecule has 1 fully saturated rings. The molecule has 5 heteroatoms. The summed E-state index contributed by atoms with van der Waals surface area (Å²) in [7, 11) is 0. The topological polar surface area (TPSA) is 43.8 Å². The Kier molecular flexibility index (Phi) is 3.96. The van der Waals surface area contributed by atoms with Crippen LogP contribution in [0.5, 0.6) is 5.75 Å². The summed E-state index contributed by atoms with van der Waals surface area (Å²) in [4.78, 5) is 16.3. The maximum atomic E-state index is 12.9. The molecule has 0 aliphatic carbocycles. The zero-order valence-corrected chi connectivity index (χ0v) is 12.1. The highest BCUT2D eigenvalue weighted by Crippen LogP contribution is 2.21. The summed E-state index contributed by atoms with van der Waals surface area (Å²) in [5.74, 6) is -0.178. The largest absolute Gasteiger partial charge is 0.508 e. The zero-order valence-electron chi connectivity index (χ0n) is 12.1. The minimum atomic E-state index is -0.342. The first-order valence-electron chi connectivity index (χ1n) is 7.22. The smallest absolute Gasteiger partial charge is 0.253 e. The summed E-state index contributed by atoms with van der Waals surface area (Å²) < 4.78 is 12.9. The predicted octanol–water partition coefficient (Wildman–Crippen LogP) is 2.49. The van der Waals surface area contributed by atoms with Crippen LogP contribution in [0.2, 0.25) is 0 Å². The highest BCUT2D eigenvalue weighted by molar-refractivity contribution is 5.94.